The monoisotopic (exact) mass is 140 g/mol. The van der Waals surface area contributed by atoms with Gasteiger partial charge in [0.1, 0.15) is 0 Å². The Morgan fingerprint density at radius 3 is 2.60 bits per heavy atom. The summed E-state index contributed by atoms with van der Waals surface area (Å²) in [6, 6.07) is 0. The first kappa shape index (κ1) is 7.80. The molecule has 1 N–H and O–H groups in total. The molecule has 1 nitrogen and oxygen atoms in total. The Labute approximate surface area is 62.8 Å². The molecule has 1 aliphatic rings. The van der Waals surface area contributed by atoms with Crippen molar-refractivity contribution in [2.24, 2.45) is 17.8 Å². The average molecular weight is 140 g/mol. The van der Waals surface area contributed by atoms with Crippen molar-refractivity contribution in [1.82, 2.24) is 0 Å². The van der Waals surface area contributed by atoms with Crippen LogP contribution in [-0.4, -0.2) is 11.7 Å². The van der Waals surface area contributed by atoms with Crippen LogP contribution in [0.25, 0.3) is 0 Å². The molecule has 0 aliphatic heterocycles. The van der Waals surface area contributed by atoms with Gasteiger partial charge in [0.25, 0.3) is 0 Å². The third-order valence-corrected chi connectivity index (χ3v) is 2.49. The molecule has 0 saturated heterocycles. The van der Waals surface area contributed by atoms with E-state index in [4.69, 9.17) is 5.11 Å². The number of aliphatic hydroxyl groups is 1. The van der Waals surface area contributed by atoms with Crippen molar-refractivity contribution in [2.75, 3.05) is 6.61 Å². The van der Waals surface area contributed by atoms with Gasteiger partial charge in [-0.25, -0.2) is 0 Å². The molecule has 10 heavy (non-hydrogen) atoms. The van der Waals surface area contributed by atoms with Crippen molar-refractivity contribution in [3.05, 3.63) is 12.2 Å². The van der Waals surface area contributed by atoms with Crippen LogP contribution in [0.1, 0.15) is 20.3 Å². The zero-order valence-electron chi connectivity index (χ0n) is 6.75. The summed E-state index contributed by atoms with van der Waals surface area (Å²) in [5.41, 5.74) is 0. The van der Waals surface area contributed by atoms with E-state index < -0.39 is 0 Å². The molecule has 0 aromatic rings. The van der Waals surface area contributed by atoms with Crippen LogP contribution in [0.15, 0.2) is 12.2 Å². The highest BCUT2D eigenvalue weighted by atomic mass is 16.3. The van der Waals surface area contributed by atoms with Gasteiger partial charge in [-0.15, -0.1) is 0 Å². The van der Waals surface area contributed by atoms with Crippen LogP contribution >= 0.6 is 0 Å². The lowest BCUT2D eigenvalue weighted by Gasteiger charge is -2.25. The van der Waals surface area contributed by atoms with Gasteiger partial charge in [0.2, 0.25) is 0 Å². The lowest BCUT2D eigenvalue weighted by atomic mass is 9.81. The van der Waals surface area contributed by atoms with Crippen molar-refractivity contribution in [2.45, 2.75) is 20.3 Å². The molecule has 1 rings (SSSR count). The van der Waals surface area contributed by atoms with Crippen LogP contribution in [0.2, 0.25) is 0 Å². The summed E-state index contributed by atoms with van der Waals surface area (Å²) in [7, 11) is 0. The second kappa shape index (κ2) is 3.20. The normalized spacial score (nSPS) is 40.1. The summed E-state index contributed by atoms with van der Waals surface area (Å²) in [6.07, 6.45) is 5.51. The minimum Gasteiger partial charge on any atom is -0.396 e. The summed E-state index contributed by atoms with van der Waals surface area (Å²) >= 11 is 0. The smallest absolute Gasteiger partial charge is 0.0493 e. The van der Waals surface area contributed by atoms with Crippen LogP contribution in [-0.2, 0) is 0 Å². The summed E-state index contributed by atoms with van der Waals surface area (Å²) < 4.78 is 0. The lowest BCUT2D eigenvalue weighted by Crippen LogP contribution is -2.17. The number of aliphatic hydroxyl groups excluding tert-OH is 1. The van der Waals surface area contributed by atoms with Gasteiger partial charge >= 0.3 is 0 Å². The van der Waals surface area contributed by atoms with Crippen LogP contribution in [0, 0.1) is 17.8 Å². The standard InChI is InChI=1S/C9H16O/c1-7-3-4-9(6-10)5-8(7)2/h3-4,7-10H,5-6H2,1-2H3/t7-,8+,9+/m0/s1. The zero-order chi connectivity index (χ0) is 7.56. The van der Waals surface area contributed by atoms with Crippen molar-refractivity contribution < 1.29 is 5.11 Å². The minimum absolute atomic E-state index is 0.313. The van der Waals surface area contributed by atoms with E-state index in [0.29, 0.717) is 18.4 Å². The van der Waals surface area contributed by atoms with E-state index in [0.717, 1.165) is 12.3 Å². The van der Waals surface area contributed by atoms with Crippen molar-refractivity contribution in [3.63, 3.8) is 0 Å². The molecule has 3 atom stereocenters. The van der Waals surface area contributed by atoms with Crippen LogP contribution in [0.4, 0.5) is 0 Å². The number of rotatable bonds is 1. The Morgan fingerprint density at radius 2 is 2.10 bits per heavy atom. The highest BCUT2D eigenvalue weighted by Gasteiger charge is 2.18. The predicted octanol–water partition coefficient (Wildman–Crippen LogP) is 1.83. The van der Waals surface area contributed by atoms with Gasteiger partial charge in [0.15, 0.2) is 0 Å². The number of hydrogen-bond donors (Lipinski definition) is 1. The summed E-state index contributed by atoms with van der Waals surface area (Å²) in [4.78, 5) is 0. The largest absolute Gasteiger partial charge is 0.396 e. The molecular formula is C9H16O. The molecule has 1 aliphatic carbocycles. The molecule has 0 heterocycles. The zero-order valence-corrected chi connectivity index (χ0v) is 6.75. The molecule has 0 spiro atoms. The number of allylic oxidation sites excluding steroid dienone is 1. The third kappa shape index (κ3) is 1.60. The Hall–Kier alpha value is -0.300. The van der Waals surface area contributed by atoms with Crippen molar-refractivity contribution in [1.29, 1.82) is 0 Å². The quantitative estimate of drug-likeness (QED) is 0.551. The first-order chi connectivity index (χ1) is 4.74. The van der Waals surface area contributed by atoms with Crippen LogP contribution in [0.3, 0.4) is 0 Å². The van der Waals surface area contributed by atoms with E-state index in [9.17, 15) is 0 Å². The Bertz CT molecular complexity index is 129. The Balaban J connectivity index is 2.51. The van der Waals surface area contributed by atoms with Gasteiger partial charge in [-0.2, -0.15) is 0 Å². The number of hydrogen-bond acceptors (Lipinski definition) is 1. The van der Waals surface area contributed by atoms with Crippen LogP contribution in [0.5, 0.6) is 0 Å². The van der Waals surface area contributed by atoms with E-state index in [1.54, 1.807) is 0 Å². The van der Waals surface area contributed by atoms with Crippen molar-refractivity contribution in [3.8, 4) is 0 Å². The SMILES string of the molecule is C[C@@H]1C[C@H](CO)C=C[C@@H]1C. The summed E-state index contributed by atoms with van der Waals surface area (Å²) in [5, 5.41) is 8.84. The predicted molar refractivity (Wildman–Crippen MR) is 42.7 cm³/mol. The highest BCUT2D eigenvalue weighted by molar-refractivity contribution is 4.98. The van der Waals surface area contributed by atoms with E-state index in [1.165, 1.54) is 0 Å². The molecule has 1 heteroatoms. The molecule has 0 unspecified atom stereocenters. The summed E-state index contributed by atoms with van der Waals surface area (Å²) in [6.45, 7) is 4.79. The molecule has 0 aromatic heterocycles. The van der Waals surface area contributed by atoms with Gasteiger partial charge in [-0.1, -0.05) is 26.0 Å². The fraction of sp³-hybridized carbons (Fsp3) is 0.778. The fourth-order valence-corrected chi connectivity index (χ4v) is 1.43. The van der Waals surface area contributed by atoms with Gasteiger partial charge in [-0.05, 0) is 18.3 Å². The van der Waals surface area contributed by atoms with E-state index in [2.05, 4.69) is 26.0 Å². The molecule has 0 bridgehead atoms. The van der Waals surface area contributed by atoms with E-state index in [1.807, 2.05) is 0 Å². The van der Waals surface area contributed by atoms with Gasteiger partial charge < -0.3 is 5.11 Å². The molecular weight excluding hydrogens is 124 g/mol. The maximum atomic E-state index is 8.84. The highest BCUT2D eigenvalue weighted by Crippen LogP contribution is 2.26. The molecule has 0 aromatic carbocycles. The van der Waals surface area contributed by atoms with Gasteiger partial charge in [0.05, 0.1) is 0 Å². The van der Waals surface area contributed by atoms with E-state index in [-0.39, 0.29) is 0 Å². The molecule has 0 fully saturated rings. The Kier molecular flexibility index (Phi) is 2.50. The first-order valence-corrected chi connectivity index (χ1v) is 4.03. The van der Waals surface area contributed by atoms with Gasteiger partial charge in [0, 0.05) is 12.5 Å². The van der Waals surface area contributed by atoms with Crippen molar-refractivity contribution >= 4 is 0 Å². The third-order valence-electron chi connectivity index (χ3n) is 2.49. The average Bonchev–Trinajstić information content (AvgIpc) is 1.95. The summed E-state index contributed by atoms with van der Waals surface area (Å²) in [5.74, 6) is 1.86. The maximum Gasteiger partial charge on any atom is 0.0493 e. The molecule has 0 radical (unpaired) electrons. The first-order valence-electron chi connectivity index (χ1n) is 4.03. The second-order valence-electron chi connectivity index (χ2n) is 3.40. The lowest BCUT2D eigenvalue weighted by molar-refractivity contribution is 0.214. The molecule has 0 saturated carbocycles. The Morgan fingerprint density at radius 1 is 1.40 bits per heavy atom. The molecule has 58 valence electrons. The topological polar surface area (TPSA) is 20.2 Å². The fourth-order valence-electron chi connectivity index (χ4n) is 1.43. The van der Waals surface area contributed by atoms with Crippen LogP contribution < -0.4 is 0 Å². The van der Waals surface area contributed by atoms with Gasteiger partial charge in [-0.3, -0.25) is 0 Å². The molecule has 0 amide bonds. The minimum atomic E-state index is 0.313. The maximum absolute atomic E-state index is 8.84. The van der Waals surface area contributed by atoms with E-state index >= 15 is 0 Å². The second-order valence-corrected chi connectivity index (χ2v) is 3.40.